The highest BCUT2D eigenvalue weighted by Gasteiger charge is 2.38. The van der Waals surface area contributed by atoms with Gasteiger partial charge in [0.1, 0.15) is 0 Å². The van der Waals surface area contributed by atoms with E-state index in [0.29, 0.717) is 24.9 Å². The third-order valence-corrected chi connectivity index (χ3v) is 3.57. The van der Waals surface area contributed by atoms with Crippen molar-refractivity contribution in [3.8, 4) is 6.07 Å². The molecule has 1 saturated carbocycles. The van der Waals surface area contributed by atoms with E-state index in [-0.39, 0.29) is 11.9 Å². The number of rotatable bonds is 5. The zero-order valence-electron chi connectivity index (χ0n) is 10.2. The van der Waals surface area contributed by atoms with E-state index in [1.54, 1.807) is 0 Å². The van der Waals surface area contributed by atoms with Crippen LogP contribution in [0.15, 0.2) is 0 Å². The summed E-state index contributed by atoms with van der Waals surface area (Å²) in [7, 11) is 0. The number of nitriles is 1. The van der Waals surface area contributed by atoms with Crippen LogP contribution in [0.1, 0.15) is 46.0 Å². The van der Waals surface area contributed by atoms with E-state index in [1.165, 1.54) is 0 Å². The third kappa shape index (κ3) is 3.23. The fraction of sp³-hybridized carbons (Fsp3) is 0.846. The Morgan fingerprint density at radius 3 is 2.75 bits per heavy atom. The maximum atomic E-state index is 11.7. The molecule has 0 bridgehead atoms. The Kier molecular flexibility index (Phi) is 5.31. The Hall–Kier alpha value is -1.04. The van der Waals surface area contributed by atoms with E-state index in [9.17, 15) is 4.79 Å². The number of hydrogen-bond acceptors (Lipinski definition) is 3. The summed E-state index contributed by atoms with van der Waals surface area (Å²) in [5, 5.41) is 8.57. The van der Waals surface area contributed by atoms with Crippen LogP contribution in [0.2, 0.25) is 0 Å². The molecule has 1 rings (SSSR count). The number of carbonyl (C=O) groups excluding carboxylic acids is 1. The van der Waals surface area contributed by atoms with Crippen molar-refractivity contribution < 1.29 is 9.53 Å². The Bertz CT molecular complexity index is 270. The molecule has 0 aromatic carbocycles. The quantitative estimate of drug-likeness (QED) is 0.673. The normalized spacial score (nSPS) is 28.7. The van der Waals surface area contributed by atoms with Crippen LogP contribution in [0.25, 0.3) is 0 Å². The van der Waals surface area contributed by atoms with Gasteiger partial charge in [-0.15, -0.1) is 0 Å². The molecule has 0 N–H and O–H groups in total. The molecule has 0 aliphatic heterocycles. The van der Waals surface area contributed by atoms with Crippen molar-refractivity contribution in [2.24, 2.45) is 17.8 Å². The number of hydrogen-bond donors (Lipinski definition) is 0. The first-order valence-electron chi connectivity index (χ1n) is 6.26. The first-order chi connectivity index (χ1) is 7.72. The van der Waals surface area contributed by atoms with Crippen LogP contribution in [0.5, 0.6) is 0 Å². The third-order valence-electron chi connectivity index (χ3n) is 3.57. The molecule has 1 fully saturated rings. The molecule has 3 atom stereocenters. The number of ether oxygens (including phenoxy) is 1. The maximum absolute atomic E-state index is 11.7. The van der Waals surface area contributed by atoms with Crippen molar-refractivity contribution in [3.05, 3.63) is 0 Å². The fourth-order valence-corrected chi connectivity index (χ4v) is 2.73. The molecule has 0 saturated heterocycles. The van der Waals surface area contributed by atoms with E-state index in [2.05, 4.69) is 13.0 Å². The van der Waals surface area contributed by atoms with Gasteiger partial charge in [-0.3, -0.25) is 4.79 Å². The van der Waals surface area contributed by atoms with Crippen molar-refractivity contribution >= 4 is 5.97 Å². The van der Waals surface area contributed by atoms with Gasteiger partial charge in [-0.1, -0.05) is 13.3 Å². The van der Waals surface area contributed by atoms with Gasteiger partial charge in [0.15, 0.2) is 0 Å². The topological polar surface area (TPSA) is 50.1 Å². The average molecular weight is 223 g/mol. The van der Waals surface area contributed by atoms with Crippen molar-refractivity contribution in [3.63, 3.8) is 0 Å². The van der Waals surface area contributed by atoms with E-state index < -0.39 is 0 Å². The molecular weight excluding hydrogens is 202 g/mol. The monoisotopic (exact) mass is 223 g/mol. The zero-order chi connectivity index (χ0) is 12.0. The van der Waals surface area contributed by atoms with Crippen LogP contribution in [0, 0.1) is 29.1 Å². The van der Waals surface area contributed by atoms with Gasteiger partial charge in [-0.05, 0) is 38.0 Å². The molecule has 0 aromatic rings. The van der Waals surface area contributed by atoms with Crippen LogP contribution >= 0.6 is 0 Å². The molecule has 16 heavy (non-hydrogen) atoms. The van der Waals surface area contributed by atoms with E-state index in [1.807, 2.05) is 6.92 Å². The summed E-state index contributed by atoms with van der Waals surface area (Å²) in [5.74, 6) is 1.05. The summed E-state index contributed by atoms with van der Waals surface area (Å²) in [6, 6.07) is 2.18. The highest BCUT2D eigenvalue weighted by Crippen LogP contribution is 2.41. The lowest BCUT2D eigenvalue weighted by molar-refractivity contribution is -0.149. The first-order valence-corrected chi connectivity index (χ1v) is 6.26. The lowest BCUT2D eigenvalue weighted by atomic mass is 9.94. The van der Waals surface area contributed by atoms with E-state index in [0.717, 1.165) is 25.7 Å². The summed E-state index contributed by atoms with van der Waals surface area (Å²) in [6.07, 6.45) is 4.58. The minimum Gasteiger partial charge on any atom is -0.466 e. The minimum atomic E-state index is -0.0335. The van der Waals surface area contributed by atoms with Gasteiger partial charge >= 0.3 is 5.97 Å². The minimum absolute atomic E-state index is 0.0335. The van der Waals surface area contributed by atoms with Crippen LogP contribution in [-0.2, 0) is 9.53 Å². The summed E-state index contributed by atoms with van der Waals surface area (Å²) in [6.45, 7) is 4.44. The van der Waals surface area contributed by atoms with Gasteiger partial charge < -0.3 is 4.74 Å². The molecule has 90 valence electrons. The van der Waals surface area contributed by atoms with Crippen LogP contribution < -0.4 is 0 Å². The van der Waals surface area contributed by atoms with E-state index in [4.69, 9.17) is 10.00 Å². The lowest BCUT2D eigenvalue weighted by Gasteiger charge is -2.15. The van der Waals surface area contributed by atoms with Gasteiger partial charge in [-0.25, -0.2) is 0 Å². The van der Waals surface area contributed by atoms with Gasteiger partial charge in [0, 0.05) is 6.42 Å². The van der Waals surface area contributed by atoms with Crippen molar-refractivity contribution in [1.82, 2.24) is 0 Å². The van der Waals surface area contributed by atoms with Crippen LogP contribution in [0.3, 0.4) is 0 Å². The fourth-order valence-electron chi connectivity index (χ4n) is 2.73. The van der Waals surface area contributed by atoms with Gasteiger partial charge in [0.2, 0.25) is 0 Å². The van der Waals surface area contributed by atoms with Crippen molar-refractivity contribution in [2.45, 2.75) is 46.0 Å². The molecule has 1 aliphatic carbocycles. The predicted molar refractivity (Wildman–Crippen MR) is 61.5 cm³/mol. The van der Waals surface area contributed by atoms with Gasteiger partial charge in [-0.2, -0.15) is 5.26 Å². The Morgan fingerprint density at radius 2 is 2.19 bits per heavy atom. The Labute approximate surface area is 97.8 Å². The summed E-state index contributed by atoms with van der Waals surface area (Å²) in [4.78, 5) is 11.7. The maximum Gasteiger partial charge on any atom is 0.309 e. The molecule has 0 spiro atoms. The molecular formula is C13H21NO2. The molecule has 3 unspecified atom stereocenters. The molecule has 3 heteroatoms. The van der Waals surface area contributed by atoms with Gasteiger partial charge in [0.05, 0.1) is 18.6 Å². The number of nitrogens with zero attached hydrogens (tertiary/aromatic N) is 1. The second-order valence-corrected chi connectivity index (χ2v) is 4.56. The summed E-state index contributed by atoms with van der Waals surface area (Å²) in [5.41, 5.74) is 0. The standard InChI is InChI=1S/C13H21NO2/c1-3-11-8-10(6-5-7-14)9-12(11)13(15)16-4-2/h10-12H,3-6,8-9H2,1-2H3. The molecule has 0 amide bonds. The molecule has 0 heterocycles. The molecule has 0 aromatic heterocycles. The molecule has 1 aliphatic rings. The highest BCUT2D eigenvalue weighted by atomic mass is 16.5. The van der Waals surface area contributed by atoms with E-state index >= 15 is 0 Å². The lowest BCUT2D eigenvalue weighted by Crippen LogP contribution is -2.21. The average Bonchev–Trinajstić information content (AvgIpc) is 2.70. The Morgan fingerprint density at radius 1 is 1.44 bits per heavy atom. The number of esters is 1. The second kappa shape index (κ2) is 6.52. The zero-order valence-corrected chi connectivity index (χ0v) is 10.2. The smallest absolute Gasteiger partial charge is 0.309 e. The summed E-state index contributed by atoms with van der Waals surface area (Å²) >= 11 is 0. The Balaban J connectivity index is 2.50. The largest absolute Gasteiger partial charge is 0.466 e. The SMILES string of the molecule is CCOC(=O)C1CC(CCC#N)CC1CC. The second-order valence-electron chi connectivity index (χ2n) is 4.56. The van der Waals surface area contributed by atoms with Crippen LogP contribution in [0.4, 0.5) is 0 Å². The highest BCUT2D eigenvalue weighted by molar-refractivity contribution is 5.73. The molecule has 0 radical (unpaired) electrons. The number of carbonyl (C=O) groups is 1. The van der Waals surface area contributed by atoms with Crippen molar-refractivity contribution in [1.29, 1.82) is 5.26 Å². The van der Waals surface area contributed by atoms with Crippen LogP contribution in [-0.4, -0.2) is 12.6 Å². The summed E-state index contributed by atoms with van der Waals surface area (Å²) < 4.78 is 5.11. The molecule has 3 nitrogen and oxygen atoms in total. The first kappa shape index (κ1) is 13.0. The van der Waals surface area contributed by atoms with Crippen molar-refractivity contribution in [2.75, 3.05) is 6.61 Å². The van der Waals surface area contributed by atoms with Gasteiger partial charge in [0.25, 0.3) is 0 Å². The predicted octanol–water partition coefficient (Wildman–Crippen LogP) is 2.91.